The van der Waals surface area contributed by atoms with Crippen molar-refractivity contribution in [3.8, 4) is 0 Å². The standard InChI is InChI=1S/C23H26F2N2O/c1-2-23(28)27-15-20(17-6-8-18(24)9-7-17)21-14-26(11-10-22(21)27)13-16-4-3-5-19(25)12-16/h3-9,12,20-22H,2,10-11,13-15H2,1H3/t20-,21-,22-/m1/s1. The van der Waals surface area contributed by atoms with Crippen LogP contribution in [0.15, 0.2) is 48.5 Å². The van der Waals surface area contributed by atoms with Crippen LogP contribution in [0.1, 0.15) is 36.8 Å². The Labute approximate surface area is 165 Å². The average molecular weight is 384 g/mol. The molecule has 2 fully saturated rings. The monoisotopic (exact) mass is 384 g/mol. The van der Waals surface area contributed by atoms with Crippen molar-refractivity contribution in [1.82, 2.24) is 9.80 Å². The third kappa shape index (κ3) is 3.81. The first-order chi connectivity index (χ1) is 13.5. The first-order valence-electron chi connectivity index (χ1n) is 10.1. The minimum absolute atomic E-state index is 0.193. The summed E-state index contributed by atoms with van der Waals surface area (Å²) in [7, 11) is 0. The molecule has 28 heavy (non-hydrogen) atoms. The van der Waals surface area contributed by atoms with Crippen LogP contribution in [0.3, 0.4) is 0 Å². The van der Waals surface area contributed by atoms with E-state index in [-0.39, 0.29) is 29.5 Å². The van der Waals surface area contributed by atoms with Gasteiger partial charge in [-0.25, -0.2) is 8.78 Å². The zero-order chi connectivity index (χ0) is 19.7. The van der Waals surface area contributed by atoms with Crippen molar-refractivity contribution >= 4 is 5.91 Å². The summed E-state index contributed by atoms with van der Waals surface area (Å²) in [6.45, 7) is 5.06. The highest BCUT2D eigenvalue weighted by molar-refractivity contribution is 5.76. The van der Waals surface area contributed by atoms with Gasteiger partial charge in [0.15, 0.2) is 0 Å². The number of rotatable bonds is 4. The Morgan fingerprint density at radius 1 is 1.07 bits per heavy atom. The number of hydrogen-bond acceptors (Lipinski definition) is 2. The molecule has 0 unspecified atom stereocenters. The topological polar surface area (TPSA) is 23.6 Å². The van der Waals surface area contributed by atoms with Crippen molar-refractivity contribution in [1.29, 1.82) is 0 Å². The molecule has 0 aromatic heterocycles. The van der Waals surface area contributed by atoms with Crippen LogP contribution >= 0.6 is 0 Å². The third-order valence-corrected chi connectivity index (χ3v) is 6.23. The lowest BCUT2D eigenvalue weighted by atomic mass is 9.81. The van der Waals surface area contributed by atoms with Crippen LogP contribution in [0.2, 0.25) is 0 Å². The van der Waals surface area contributed by atoms with Crippen LogP contribution in [0.4, 0.5) is 8.78 Å². The van der Waals surface area contributed by atoms with E-state index >= 15 is 0 Å². The molecule has 2 aromatic carbocycles. The maximum absolute atomic E-state index is 13.5. The molecule has 2 aromatic rings. The van der Waals surface area contributed by atoms with E-state index in [0.29, 0.717) is 25.4 Å². The van der Waals surface area contributed by atoms with E-state index in [0.717, 1.165) is 30.6 Å². The van der Waals surface area contributed by atoms with Gasteiger partial charge in [0.1, 0.15) is 11.6 Å². The normalized spacial score (nSPS) is 25.0. The van der Waals surface area contributed by atoms with E-state index in [2.05, 4.69) is 4.90 Å². The van der Waals surface area contributed by atoms with Crippen molar-refractivity contribution in [2.45, 2.75) is 38.3 Å². The highest BCUT2D eigenvalue weighted by Crippen LogP contribution is 2.42. The maximum Gasteiger partial charge on any atom is 0.222 e. The van der Waals surface area contributed by atoms with Gasteiger partial charge in [0.05, 0.1) is 0 Å². The van der Waals surface area contributed by atoms with Crippen LogP contribution in [0.5, 0.6) is 0 Å². The lowest BCUT2D eigenvalue weighted by Crippen LogP contribution is -2.47. The molecule has 1 amide bonds. The summed E-state index contributed by atoms with van der Waals surface area (Å²) in [4.78, 5) is 16.9. The molecule has 0 N–H and O–H groups in total. The van der Waals surface area contributed by atoms with Gasteiger partial charge in [-0.1, -0.05) is 31.2 Å². The van der Waals surface area contributed by atoms with Crippen molar-refractivity contribution in [2.24, 2.45) is 5.92 Å². The minimum Gasteiger partial charge on any atom is -0.339 e. The highest BCUT2D eigenvalue weighted by atomic mass is 19.1. The fourth-order valence-electron chi connectivity index (χ4n) is 4.89. The molecule has 4 rings (SSSR count). The largest absolute Gasteiger partial charge is 0.339 e. The molecule has 2 aliphatic heterocycles. The zero-order valence-corrected chi connectivity index (χ0v) is 16.2. The number of likely N-dealkylation sites (tertiary alicyclic amines) is 2. The number of piperidine rings is 1. The van der Waals surface area contributed by atoms with Gasteiger partial charge in [-0.05, 0) is 41.8 Å². The fourth-order valence-corrected chi connectivity index (χ4v) is 4.89. The number of benzene rings is 2. The van der Waals surface area contributed by atoms with Gasteiger partial charge < -0.3 is 4.90 Å². The molecule has 5 heteroatoms. The lowest BCUT2D eigenvalue weighted by Gasteiger charge is -2.39. The number of carbonyl (C=O) groups excluding carboxylic acids is 1. The predicted octanol–water partition coefficient (Wildman–Crippen LogP) is 4.19. The Balaban J connectivity index is 1.56. The molecule has 148 valence electrons. The summed E-state index contributed by atoms with van der Waals surface area (Å²) in [6.07, 6.45) is 1.43. The van der Waals surface area contributed by atoms with Gasteiger partial charge in [0, 0.05) is 50.5 Å². The van der Waals surface area contributed by atoms with Crippen LogP contribution in [-0.2, 0) is 11.3 Å². The van der Waals surface area contributed by atoms with Crippen LogP contribution in [0, 0.1) is 17.6 Å². The summed E-state index contributed by atoms with van der Waals surface area (Å²) >= 11 is 0. The SMILES string of the molecule is CCC(=O)N1C[C@H](c2ccc(F)cc2)[C@H]2CN(Cc3cccc(F)c3)CC[C@H]21. The summed E-state index contributed by atoms with van der Waals surface area (Å²) in [6, 6.07) is 13.7. The first-order valence-corrected chi connectivity index (χ1v) is 10.1. The average Bonchev–Trinajstić information content (AvgIpc) is 3.07. The Bertz CT molecular complexity index is 839. The third-order valence-electron chi connectivity index (χ3n) is 6.23. The van der Waals surface area contributed by atoms with Gasteiger partial charge in [0.25, 0.3) is 0 Å². The summed E-state index contributed by atoms with van der Waals surface area (Å²) < 4.78 is 26.9. The van der Waals surface area contributed by atoms with E-state index in [4.69, 9.17) is 0 Å². The van der Waals surface area contributed by atoms with Gasteiger partial charge in [-0.2, -0.15) is 0 Å². The zero-order valence-electron chi connectivity index (χ0n) is 16.2. The van der Waals surface area contributed by atoms with Crippen LogP contribution < -0.4 is 0 Å². The Kier molecular flexibility index (Phi) is 5.44. The van der Waals surface area contributed by atoms with Crippen molar-refractivity contribution in [3.63, 3.8) is 0 Å². The van der Waals surface area contributed by atoms with Gasteiger partial charge in [0.2, 0.25) is 5.91 Å². The molecule has 2 saturated heterocycles. The second-order valence-corrected chi connectivity index (χ2v) is 7.94. The predicted molar refractivity (Wildman–Crippen MR) is 105 cm³/mol. The first kappa shape index (κ1) is 19.1. The number of nitrogens with zero attached hydrogens (tertiary/aromatic N) is 2. The van der Waals surface area contributed by atoms with Crippen LogP contribution in [-0.4, -0.2) is 41.4 Å². The molecule has 0 radical (unpaired) electrons. The lowest BCUT2D eigenvalue weighted by molar-refractivity contribution is -0.132. The fraction of sp³-hybridized carbons (Fsp3) is 0.435. The number of halogens is 2. The molecule has 3 atom stereocenters. The van der Waals surface area contributed by atoms with E-state index in [1.54, 1.807) is 12.1 Å². The van der Waals surface area contributed by atoms with E-state index < -0.39 is 0 Å². The smallest absolute Gasteiger partial charge is 0.222 e. The molecular weight excluding hydrogens is 358 g/mol. The Hall–Kier alpha value is -2.27. The van der Waals surface area contributed by atoms with E-state index in [9.17, 15) is 13.6 Å². The Morgan fingerprint density at radius 2 is 1.86 bits per heavy atom. The minimum atomic E-state index is -0.240. The molecular formula is C23H26F2N2O. The number of fused-ring (bicyclic) bond motifs is 1. The van der Waals surface area contributed by atoms with Gasteiger partial charge in [-0.3, -0.25) is 9.69 Å². The number of amides is 1. The summed E-state index contributed by atoms with van der Waals surface area (Å²) in [5, 5.41) is 0. The quantitative estimate of drug-likeness (QED) is 0.789. The summed E-state index contributed by atoms with van der Waals surface area (Å²) in [5.41, 5.74) is 2.06. The molecule has 0 spiro atoms. The summed E-state index contributed by atoms with van der Waals surface area (Å²) in [5.74, 6) is 0.256. The van der Waals surface area contributed by atoms with Gasteiger partial charge in [-0.15, -0.1) is 0 Å². The van der Waals surface area contributed by atoms with Crippen LogP contribution in [0.25, 0.3) is 0 Å². The second kappa shape index (κ2) is 8.00. The molecule has 0 bridgehead atoms. The van der Waals surface area contributed by atoms with Gasteiger partial charge >= 0.3 is 0 Å². The van der Waals surface area contributed by atoms with Crippen molar-refractivity contribution in [3.05, 3.63) is 71.3 Å². The molecule has 0 saturated carbocycles. The number of carbonyl (C=O) groups is 1. The number of hydrogen-bond donors (Lipinski definition) is 0. The second-order valence-electron chi connectivity index (χ2n) is 7.94. The molecule has 2 aliphatic rings. The van der Waals surface area contributed by atoms with E-state index in [1.165, 1.54) is 18.2 Å². The molecule has 3 nitrogen and oxygen atoms in total. The van der Waals surface area contributed by atoms with E-state index in [1.807, 2.05) is 30.0 Å². The highest BCUT2D eigenvalue weighted by Gasteiger charge is 2.46. The maximum atomic E-state index is 13.5. The molecule has 2 heterocycles. The van der Waals surface area contributed by atoms with Crippen molar-refractivity contribution in [2.75, 3.05) is 19.6 Å². The molecule has 0 aliphatic carbocycles. The Morgan fingerprint density at radius 3 is 2.57 bits per heavy atom. The van der Waals surface area contributed by atoms with Crippen molar-refractivity contribution < 1.29 is 13.6 Å².